The maximum atomic E-state index is 12.9. The van der Waals surface area contributed by atoms with Crippen molar-refractivity contribution in [2.75, 3.05) is 12.0 Å². The number of carbonyl (C=O) groups is 1. The number of hydrogen-bond donors (Lipinski definition) is 0. The van der Waals surface area contributed by atoms with Gasteiger partial charge in [-0.2, -0.15) is 0 Å². The molecule has 7 nitrogen and oxygen atoms in total. The number of nitro groups is 1. The van der Waals surface area contributed by atoms with Gasteiger partial charge in [-0.1, -0.05) is 43.0 Å². The van der Waals surface area contributed by atoms with E-state index in [9.17, 15) is 14.9 Å². The van der Waals surface area contributed by atoms with Gasteiger partial charge < -0.3 is 9.47 Å². The molecular weight excluding hydrogens is 424 g/mol. The fraction of sp³-hybridized carbons (Fsp3) is 0.238. The molecule has 0 N–H and O–H groups in total. The molecule has 1 saturated heterocycles. The molecule has 0 aromatic heterocycles. The molecule has 0 bridgehead atoms. The molecule has 2 aromatic rings. The third-order valence-corrected chi connectivity index (χ3v) is 5.78. The van der Waals surface area contributed by atoms with Crippen molar-refractivity contribution < 1.29 is 19.2 Å². The first kappa shape index (κ1) is 21.8. The summed E-state index contributed by atoms with van der Waals surface area (Å²) < 4.78 is 11.6. The van der Waals surface area contributed by atoms with E-state index in [0.717, 1.165) is 23.7 Å². The Morgan fingerprint density at radius 3 is 2.70 bits per heavy atom. The maximum Gasteiger partial charge on any atom is 0.271 e. The SMILES string of the molecule is CC[C@@H](C)Oc1ccc(/C=C2/SC(=S)N(c3cccc([N+](=O)[O-])c3)C2=O)cc1OC. The molecule has 1 amide bonds. The number of rotatable bonds is 7. The summed E-state index contributed by atoms with van der Waals surface area (Å²) in [6.07, 6.45) is 2.63. The monoisotopic (exact) mass is 444 g/mol. The molecule has 1 heterocycles. The minimum absolute atomic E-state index is 0.0518. The van der Waals surface area contributed by atoms with Crippen molar-refractivity contribution in [2.24, 2.45) is 0 Å². The fourth-order valence-electron chi connectivity index (χ4n) is 2.76. The van der Waals surface area contributed by atoms with Gasteiger partial charge in [0, 0.05) is 12.1 Å². The van der Waals surface area contributed by atoms with E-state index in [0.29, 0.717) is 26.4 Å². The van der Waals surface area contributed by atoms with Crippen LogP contribution in [0.25, 0.3) is 6.08 Å². The number of methoxy groups -OCH3 is 1. The average Bonchev–Trinajstić information content (AvgIpc) is 3.01. The lowest BCUT2D eigenvalue weighted by atomic mass is 10.1. The zero-order valence-corrected chi connectivity index (χ0v) is 18.3. The Labute approximate surface area is 183 Å². The number of non-ortho nitro benzene ring substituents is 1. The predicted octanol–water partition coefficient (Wildman–Crippen LogP) is 5.19. The Morgan fingerprint density at radius 1 is 1.27 bits per heavy atom. The van der Waals surface area contributed by atoms with E-state index in [1.165, 1.54) is 23.1 Å². The fourth-order valence-corrected chi connectivity index (χ4v) is 4.06. The molecule has 0 spiro atoms. The van der Waals surface area contributed by atoms with Crippen LogP contribution in [0.2, 0.25) is 0 Å². The molecule has 9 heteroatoms. The Balaban J connectivity index is 1.88. The van der Waals surface area contributed by atoms with Crippen LogP contribution in [0.4, 0.5) is 11.4 Å². The Kier molecular flexibility index (Phi) is 6.73. The van der Waals surface area contributed by atoms with Gasteiger partial charge in [-0.05, 0) is 43.2 Å². The topological polar surface area (TPSA) is 81.9 Å². The molecular formula is C21H20N2O5S2. The summed E-state index contributed by atoms with van der Waals surface area (Å²) in [5.41, 5.74) is 1.01. The van der Waals surface area contributed by atoms with Gasteiger partial charge in [0.1, 0.15) is 0 Å². The highest BCUT2D eigenvalue weighted by Crippen LogP contribution is 2.38. The van der Waals surface area contributed by atoms with Crippen LogP contribution in [-0.2, 0) is 4.79 Å². The van der Waals surface area contributed by atoms with Crippen molar-refractivity contribution in [3.05, 3.63) is 63.0 Å². The summed E-state index contributed by atoms with van der Waals surface area (Å²) in [4.78, 5) is 25.2. The highest BCUT2D eigenvalue weighted by atomic mass is 32.2. The Bertz CT molecular complexity index is 1040. The van der Waals surface area contributed by atoms with Crippen molar-refractivity contribution in [3.8, 4) is 11.5 Å². The first-order valence-corrected chi connectivity index (χ1v) is 10.4. The summed E-state index contributed by atoms with van der Waals surface area (Å²) in [5.74, 6) is 0.871. The van der Waals surface area contributed by atoms with Crippen molar-refractivity contribution in [1.29, 1.82) is 0 Å². The number of hydrogen-bond acceptors (Lipinski definition) is 7. The van der Waals surface area contributed by atoms with Crippen LogP contribution in [0.5, 0.6) is 11.5 Å². The smallest absolute Gasteiger partial charge is 0.271 e. The summed E-state index contributed by atoms with van der Waals surface area (Å²) in [7, 11) is 1.56. The highest BCUT2D eigenvalue weighted by Gasteiger charge is 2.34. The lowest BCUT2D eigenvalue weighted by molar-refractivity contribution is -0.384. The lowest BCUT2D eigenvalue weighted by Crippen LogP contribution is -2.27. The quantitative estimate of drug-likeness (QED) is 0.252. The first-order valence-electron chi connectivity index (χ1n) is 9.21. The van der Waals surface area contributed by atoms with E-state index in [-0.39, 0.29) is 17.7 Å². The zero-order valence-electron chi connectivity index (χ0n) is 16.7. The summed E-state index contributed by atoms with van der Waals surface area (Å²) in [6.45, 7) is 4.02. The van der Waals surface area contributed by atoms with Crippen LogP contribution in [0.1, 0.15) is 25.8 Å². The van der Waals surface area contributed by atoms with Gasteiger partial charge in [0.15, 0.2) is 15.8 Å². The largest absolute Gasteiger partial charge is 0.493 e. The van der Waals surface area contributed by atoms with Crippen LogP contribution in [0.15, 0.2) is 47.4 Å². The van der Waals surface area contributed by atoms with Gasteiger partial charge in [0.2, 0.25) is 0 Å². The summed E-state index contributed by atoms with van der Waals surface area (Å²) >= 11 is 6.49. The van der Waals surface area contributed by atoms with Crippen molar-refractivity contribution in [3.63, 3.8) is 0 Å². The normalized spacial score (nSPS) is 16.1. The number of ether oxygens (including phenoxy) is 2. The van der Waals surface area contributed by atoms with Gasteiger partial charge in [0.25, 0.3) is 11.6 Å². The number of thiocarbonyl (C=S) groups is 1. The van der Waals surface area contributed by atoms with Crippen molar-refractivity contribution in [2.45, 2.75) is 26.4 Å². The van der Waals surface area contributed by atoms with Crippen LogP contribution in [0, 0.1) is 10.1 Å². The van der Waals surface area contributed by atoms with Gasteiger partial charge in [0.05, 0.1) is 28.7 Å². The van der Waals surface area contributed by atoms with Gasteiger partial charge in [-0.15, -0.1) is 0 Å². The van der Waals surface area contributed by atoms with E-state index >= 15 is 0 Å². The molecule has 0 radical (unpaired) electrons. The van der Waals surface area contributed by atoms with Gasteiger partial charge >= 0.3 is 0 Å². The number of nitrogens with zero attached hydrogens (tertiary/aromatic N) is 2. The summed E-state index contributed by atoms with van der Waals surface area (Å²) in [5, 5.41) is 11.0. The lowest BCUT2D eigenvalue weighted by Gasteiger charge is -2.16. The number of amides is 1. The highest BCUT2D eigenvalue weighted by molar-refractivity contribution is 8.27. The zero-order chi connectivity index (χ0) is 21.8. The van der Waals surface area contributed by atoms with Gasteiger partial charge in [-0.3, -0.25) is 19.8 Å². The van der Waals surface area contributed by atoms with Crippen molar-refractivity contribution in [1.82, 2.24) is 0 Å². The maximum absolute atomic E-state index is 12.9. The van der Waals surface area contributed by atoms with Crippen LogP contribution >= 0.6 is 24.0 Å². The molecule has 156 valence electrons. The molecule has 2 aromatic carbocycles. The molecule has 0 unspecified atom stereocenters. The van der Waals surface area contributed by atoms with E-state index in [1.54, 1.807) is 31.4 Å². The number of nitro benzene ring substituents is 1. The molecule has 0 aliphatic carbocycles. The number of anilines is 1. The van der Waals surface area contributed by atoms with E-state index < -0.39 is 4.92 Å². The Morgan fingerprint density at radius 2 is 2.03 bits per heavy atom. The number of benzene rings is 2. The van der Waals surface area contributed by atoms with Crippen LogP contribution in [0.3, 0.4) is 0 Å². The van der Waals surface area contributed by atoms with E-state index in [1.807, 2.05) is 19.9 Å². The number of carbonyl (C=O) groups excluding carboxylic acids is 1. The second-order valence-corrected chi connectivity index (χ2v) is 8.22. The van der Waals surface area contributed by atoms with Gasteiger partial charge in [-0.25, -0.2) is 0 Å². The molecule has 3 rings (SSSR count). The minimum Gasteiger partial charge on any atom is -0.493 e. The summed E-state index contributed by atoms with van der Waals surface area (Å²) in [6, 6.07) is 11.3. The van der Waals surface area contributed by atoms with E-state index in [4.69, 9.17) is 21.7 Å². The number of thioether (sulfide) groups is 1. The van der Waals surface area contributed by atoms with Crippen molar-refractivity contribution >= 4 is 51.7 Å². The second kappa shape index (κ2) is 9.27. The standard InChI is InChI=1S/C21H20N2O5S2/c1-4-13(2)28-17-9-8-14(10-18(17)27-3)11-19-20(24)22(21(29)30-19)15-6-5-7-16(12-15)23(25)26/h5-13H,4H2,1-3H3/b19-11+/t13-/m1/s1. The predicted molar refractivity (Wildman–Crippen MR) is 122 cm³/mol. The first-order chi connectivity index (χ1) is 14.3. The molecule has 1 fully saturated rings. The third kappa shape index (κ3) is 4.63. The second-order valence-electron chi connectivity index (χ2n) is 6.54. The molecule has 1 aliphatic heterocycles. The molecule has 1 atom stereocenters. The molecule has 0 saturated carbocycles. The van der Waals surface area contributed by atoms with Crippen LogP contribution < -0.4 is 14.4 Å². The van der Waals surface area contributed by atoms with Crippen LogP contribution in [-0.4, -0.2) is 28.4 Å². The minimum atomic E-state index is -0.508. The molecule has 1 aliphatic rings. The molecule has 30 heavy (non-hydrogen) atoms. The Hall–Kier alpha value is -2.91. The third-order valence-electron chi connectivity index (χ3n) is 4.48. The van der Waals surface area contributed by atoms with E-state index in [2.05, 4.69) is 0 Å². The average molecular weight is 445 g/mol.